The summed E-state index contributed by atoms with van der Waals surface area (Å²) in [5, 5.41) is 2.91. The molecule has 2 rings (SSSR count). The van der Waals surface area contributed by atoms with Crippen molar-refractivity contribution in [3.8, 4) is 0 Å². The van der Waals surface area contributed by atoms with Gasteiger partial charge in [0.2, 0.25) is 0 Å². The second kappa shape index (κ2) is 7.97. The van der Waals surface area contributed by atoms with Crippen molar-refractivity contribution in [3.63, 3.8) is 0 Å². The summed E-state index contributed by atoms with van der Waals surface area (Å²) in [7, 11) is -3.74. The van der Waals surface area contributed by atoms with Crippen molar-refractivity contribution in [2.75, 3.05) is 4.72 Å². The van der Waals surface area contributed by atoms with Gasteiger partial charge in [-0.15, -0.1) is 0 Å². The van der Waals surface area contributed by atoms with Gasteiger partial charge >= 0.3 is 0 Å². The second-order valence-corrected chi connectivity index (χ2v) is 7.17. The van der Waals surface area contributed by atoms with E-state index in [1.165, 1.54) is 12.1 Å². The van der Waals surface area contributed by atoms with Gasteiger partial charge in [0.1, 0.15) is 0 Å². The Bertz CT molecular complexity index is 785. The van der Waals surface area contributed by atoms with Crippen LogP contribution in [-0.4, -0.2) is 20.4 Å². The molecule has 0 spiro atoms. The highest BCUT2D eigenvalue weighted by molar-refractivity contribution is 7.92. The summed E-state index contributed by atoms with van der Waals surface area (Å²) in [6.45, 7) is 4.00. The molecule has 1 amide bonds. The Morgan fingerprint density at radius 1 is 1.00 bits per heavy atom. The molecule has 0 unspecified atom stereocenters. The Balaban J connectivity index is 2.21. The van der Waals surface area contributed by atoms with Crippen LogP contribution >= 0.6 is 0 Å². The SMILES string of the molecule is CCC(CC)NC(=O)c1cccc(S(=O)(=O)Nc2ccccc2)c1. The van der Waals surface area contributed by atoms with Gasteiger partial charge in [0.05, 0.1) is 4.90 Å². The minimum absolute atomic E-state index is 0.0588. The van der Waals surface area contributed by atoms with Gasteiger partial charge in [-0.05, 0) is 43.2 Å². The zero-order chi connectivity index (χ0) is 17.6. The predicted molar refractivity (Wildman–Crippen MR) is 95.5 cm³/mol. The maximum absolute atomic E-state index is 12.5. The van der Waals surface area contributed by atoms with E-state index in [9.17, 15) is 13.2 Å². The summed E-state index contributed by atoms with van der Waals surface area (Å²) in [5.74, 6) is -0.263. The van der Waals surface area contributed by atoms with Crippen molar-refractivity contribution in [1.29, 1.82) is 0 Å². The van der Waals surface area contributed by atoms with E-state index in [0.717, 1.165) is 12.8 Å². The predicted octanol–water partition coefficient (Wildman–Crippen LogP) is 3.41. The topological polar surface area (TPSA) is 75.3 Å². The average molecular weight is 346 g/mol. The molecule has 0 bridgehead atoms. The zero-order valence-electron chi connectivity index (χ0n) is 13.8. The highest BCUT2D eigenvalue weighted by Gasteiger charge is 2.17. The van der Waals surface area contributed by atoms with Crippen molar-refractivity contribution in [1.82, 2.24) is 5.32 Å². The summed E-state index contributed by atoms with van der Waals surface area (Å²) >= 11 is 0. The number of benzene rings is 2. The van der Waals surface area contributed by atoms with Crippen LogP contribution in [0.25, 0.3) is 0 Å². The van der Waals surface area contributed by atoms with Crippen LogP contribution in [0.1, 0.15) is 37.0 Å². The highest BCUT2D eigenvalue weighted by Crippen LogP contribution is 2.17. The smallest absolute Gasteiger partial charge is 0.261 e. The Morgan fingerprint density at radius 3 is 2.29 bits per heavy atom. The number of para-hydroxylation sites is 1. The van der Waals surface area contributed by atoms with E-state index in [1.54, 1.807) is 42.5 Å². The number of rotatable bonds is 7. The van der Waals surface area contributed by atoms with Crippen molar-refractivity contribution in [3.05, 3.63) is 60.2 Å². The lowest BCUT2D eigenvalue weighted by molar-refractivity contribution is 0.0934. The third-order valence-corrected chi connectivity index (χ3v) is 5.13. The first-order valence-corrected chi connectivity index (χ1v) is 9.43. The van der Waals surface area contributed by atoms with E-state index in [2.05, 4.69) is 10.0 Å². The molecular weight excluding hydrogens is 324 g/mol. The van der Waals surface area contributed by atoms with Crippen molar-refractivity contribution in [2.24, 2.45) is 0 Å². The van der Waals surface area contributed by atoms with Crippen LogP contribution in [0.4, 0.5) is 5.69 Å². The highest BCUT2D eigenvalue weighted by atomic mass is 32.2. The van der Waals surface area contributed by atoms with Crippen molar-refractivity contribution in [2.45, 2.75) is 37.6 Å². The van der Waals surface area contributed by atoms with Gasteiger partial charge in [0.15, 0.2) is 0 Å². The minimum atomic E-state index is -3.74. The molecule has 2 aromatic rings. The fourth-order valence-electron chi connectivity index (χ4n) is 2.29. The number of anilines is 1. The fraction of sp³-hybridized carbons (Fsp3) is 0.278. The molecule has 0 fully saturated rings. The van der Waals surface area contributed by atoms with Crippen LogP contribution in [0.2, 0.25) is 0 Å². The molecule has 0 heterocycles. The zero-order valence-corrected chi connectivity index (χ0v) is 14.6. The summed E-state index contributed by atoms with van der Waals surface area (Å²) in [4.78, 5) is 12.3. The van der Waals surface area contributed by atoms with Gasteiger partial charge in [0, 0.05) is 17.3 Å². The summed E-state index contributed by atoms with van der Waals surface area (Å²) in [6, 6.07) is 14.8. The summed E-state index contributed by atoms with van der Waals surface area (Å²) < 4.78 is 27.4. The van der Waals surface area contributed by atoms with Crippen LogP contribution in [0.5, 0.6) is 0 Å². The van der Waals surface area contributed by atoms with Gasteiger partial charge in [-0.2, -0.15) is 0 Å². The molecular formula is C18H22N2O3S. The molecule has 2 aromatic carbocycles. The molecule has 2 N–H and O–H groups in total. The molecule has 6 heteroatoms. The Labute approximate surface area is 143 Å². The first-order chi connectivity index (χ1) is 11.5. The van der Waals surface area contributed by atoms with E-state index in [1.807, 2.05) is 13.8 Å². The lowest BCUT2D eigenvalue weighted by Gasteiger charge is -2.15. The van der Waals surface area contributed by atoms with Crippen LogP contribution in [0, 0.1) is 0 Å². The molecule has 0 saturated heterocycles. The summed E-state index contributed by atoms with van der Waals surface area (Å²) in [5.41, 5.74) is 0.808. The number of carbonyl (C=O) groups is 1. The van der Waals surface area contributed by atoms with Crippen LogP contribution < -0.4 is 10.0 Å². The summed E-state index contributed by atoms with van der Waals surface area (Å²) in [6.07, 6.45) is 1.66. The molecule has 0 aliphatic rings. The van der Waals surface area contributed by atoms with Gasteiger partial charge in [-0.25, -0.2) is 8.42 Å². The Morgan fingerprint density at radius 2 is 1.67 bits per heavy atom. The third kappa shape index (κ3) is 4.58. The van der Waals surface area contributed by atoms with E-state index < -0.39 is 10.0 Å². The number of hydrogen-bond donors (Lipinski definition) is 2. The van der Waals surface area contributed by atoms with Crippen LogP contribution in [0.15, 0.2) is 59.5 Å². The minimum Gasteiger partial charge on any atom is -0.349 e. The van der Waals surface area contributed by atoms with E-state index in [-0.39, 0.29) is 16.8 Å². The third-order valence-electron chi connectivity index (χ3n) is 3.75. The molecule has 0 aliphatic heterocycles. The maximum Gasteiger partial charge on any atom is 0.261 e. The lowest BCUT2D eigenvalue weighted by Crippen LogP contribution is -2.33. The standard InChI is InChI=1S/C18H22N2O3S/c1-3-15(4-2)19-18(21)14-9-8-12-17(13-14)24(22,23)20-16-10-6-5-7-11-16/h5-13,15,20H,3-4H2,1-2H3,(H,19,21). The fourth-order valence-corrected chi connectivity index (χ4v) is 3.39. The van der Waals surface area contributed by atoms with Crippen molar-refractivity contribution < 1.29 is 13.2 Å². The second-order valence-electron chi connectivity index (χ2n) is 5.49. The molecule has 5 nitrogen and oxygen atoms in total. The Hall–Kier alpha value is -2.34. The molecule has 0 atom stereocenters. The van der Waals surface area contributed by atoms with Crippen molar-refractivity contribution >= 4 is 21.6 Å². The lowest BCUT2D eigenvalue weighted by atomic mass is 10.1. The maximum atomic E-state index is 12.5. The molecule has 128 valence electrons. The molecule has 0 saturated carbocycles. The van der Waals surface area contributed by atoms with E-state index in [0.29, 0.717) is 11.3 Å². The van der Waals surface area contributed by atoms with Crippen LogP contribution in [-0.2, 0) is 10.0 Å². The Kier molecular flexibility index (Phi) is 5.98. The molecule has 0 radical (unpaired) electrons. The number of carbonyl (C=O) groups excluding carboxylic acids is 1. The van der Waals surface area contributed by atoms with E-state index >= 15 is 0 Å². The van der Waals surface area contributed by atoms with E-state index in [4.69, 9.17) is 0 Å². The number of amides is 1. The first-order valence-electron chi connectivity index (χ1n) is 7.95. The number of sulfonamides is 1. The number of hydrogen-bond acceptors (Lipinski definition) is 3. The van der Waals surface area contributed by atoms with Gasteiger partial charge in [-0.1, -0.05) is 38.1 Å². The molecule has 24 heavy (non-hydrogen) atoms. The van der Waals surface area contributed by atoms with Gasteiger partial charge in [-0.3, -0.25) is 9.52 Å². The normalized spacial score (nSPS) is 11.3. The first kappa shape index (κ1) is 18.0. The quantitative estimate of drug-likeness (QED) is 0.807. The molecule has 0 aromatic heterocycles. The van der Waals surface area contributed by atoms with Gasteiger partial charge in [0.25, 0.3) is 15.9 Å². The average Bonchev–Trinajstić information content (AvgIpc) is 2.60. The largest absolute Gasteiger partial charge is 0.349 e. The van der Waals surface area contributed by atoms with Crippen LogP contribution in [0.3, 0.4) is 0 Å². The molecule has 0 aliphatic carbocycles. The number of nitrogens with one attached hydrogen (secondary N) is 2. The monoisotopic (exact) mass is 346 g/mol. The van der Waals surface area contributed by atoms with Gasteiger partial charge < -0.3 is 5.32 Å².